The first kappa shape index (κ1) is 30.1. The van der Waals surface area contributed by atoms with Crippen LogP contribution in [0.15, 0.2) is 5.11 Å². The first-order chi connectivity index (χ1) is 20.7. The van der Waals surface area contributed by atoms with Crippen molar-refractivity contribution in [1.82, 2.24) is 42.5 Å². The second kappa shape index (κ2) is 12.4. The van der Waals surface area contributed by atoms with E-state index < -0.39 is 0 Å². The molecule has 0 aromatic heterocycles. The topological polar surface area (TPSA) is 132 Å². The van der Waals surface area contributed by atoms with Gasteiger partial charge in [-0.1, -0.05) is 44.9 Å². The first-order valence-electron chi connectivity index (χ1n) is 18.2. The summed E-state index contributed by atoms with van der Waals surface area (Å²) in [4.78, 5) is 0. The fourth-order valence-corrected chi connectivity index (χ4v) is 12.2. The molecule has 43 heavy (non-hydrogen) atoms. The largest absolute Gasteiger partial charge is 0.286 e. The van der Waals surface area contributed by atoms with Crippen LogP contribution in [0.2, 0.25) is 0 Å². The molecule has 4 saturated carbocycles. The van der Waals surface area contributed by atoms with Gasteiger partial charge in [0.2, 0.25) is 0 Å². The third-order valence-corrected chi connectivity index (χ3v) is 14.0. The van der Waals surface area contributed by atoms with Crippen LogP contribution in [0.3, 0.4) is 0 Å². The summed E-state index contributed by atoms with van der Waals surface area (Å²) in [5, 5.41) is 37.7. The van der Waals surface area contributed by atoms with E-state index in [2.05, 4.69) is 47.6 Å². The summed E-state index contributed by atoms with van der Waals surface area (Å²) < 4.78 is 0. The Balaban J connectivity index is 0.00000278. The van der Waals surface area contributed by atoms with Crippen LogP contribution < -0.4 is 42.5 Å². The average molecular weight is 640 g/mol. The van der Waals surface area contributed by atoms with Gasteiger partial charge in [0.05, 0.1) is 55.4 Å². The van der Waals surface area contributed by atoms with Crippen LogP contribution in [-0.4, -0.2) is 55.4 Å². The van der Waals surface area contributed by atoms with E-state index in [0.29, 0.717) is 84.3 Å². The molecule has 17 unspecified atom stereocenters. The van der Waals surface area contributed by atoms with E-state index >= 15 is 0 Å². The smallest absolute Gasteiger partial charge is 0.0765 e. The van der Waals surface area contributed by atoms with E-state index in [-0.39, 0.29) is 34.9 Å². The molecular weight excluding hydrogens is 583 g/mol. The molecule has 0 aromatic rings. The quantitative estimate of drug-likeness (QED) is 0.158. The number of nitrogens with zero attached hydrogens (tertiary/aromatic N) is 1. The molecule has 0 radical (unpaired) electrons. The average Bonchev–Trinajstić information content (AvgIpc) is 3.76. The molecule has 5 heterocycles. The van der Waals surface area contributed by atoms with Crippen LogP contribution in [0.5, 0.6) is 0 Å². The normalized spacial score (nSPS) is 55.8. The molecule has 0 aromatic carbocycles. The summed E-state index contributed by atoms with van der Waals surface area (Å²) in [5.74, 6) is 5.02. The maximum atomic E-state index is 8.14. The van der Waals surface area contributed by atoms with Gasteiger partial charge in [0, 0.05) is 22.4 Å². The van der Waals surface area contributed by atoms with Crippen molar-refractivity contribution in [1.29, 1.82) is 5.53 Å². The van der Waals surface area contributed by atoms with E-state index in [1.807, 2.05) is 0 Å². The third kappa shape index (κ3) is 5.20. The summed E-state index contributed by atoms with van der Waals surface area (Å²) in [6, 6.07) is 0.122. The van der Waals surface area contributed by atoms with Crippen molar-refractivity contribution in [3.63, 3.8) is 0 Å². The zero-order chi connectivity index (χ0) is 27.8. The molecule has 17 atom stereocenters. The number of hydrogen-bond acceptors (Lipinski definition) is 10. The predicted octanol–water partition coefficient (Wildman–Crippen LogP) is 2.61. The Morgan fingerprint density at radius 3 is 0.953 bits per heavy atom. The van der Waals surface area contributed by atoms with Crippen LogP contribution in [0, 0.1) is 52.9 Å². The number of fused-ring (bicyclic) bond motifs is 20. The Labute approximate surface area is 268 Å². The summed E-state index contributed by atoms with van der Waals surface area (Å²) >= 11 is 0. The Kier molecular flexibility index (Phi) is 8.70. The van der Waals surface area contributed by atoms with Crippen molar-refractivity contribution in [2.75, 3.05) is 0 Å². The van der Waals surface area contributed by atoms with E-state index in [4.69, 9.17) is 5.53 Å². The van der Waals surface area contributed by atoms with E-state index in [0.717, 1.165) is 6.42 Å². The zero-order valence-corrected chi connectivity index (χ0v) is 26.7. The molecule has 9 fully saturated rings. The Hall–Kier alpha value is -0.226. The van der Waals surface area contributed by atoms with Gasteiger partial charge in [-0.3, -0.25) is 42.5 Å². The molecule has 8 bridgehead atoms. The van der Waals surface area contributed by atoms with Crippen molar-refractivity contribution < 1.29 is 16.5 Å². The maximum Gasteiger partial charge on any atom is 0.0765 e. The molecule has 9 N–H and O–H groups in total. The van der Waals surface area contributed by atoms with Gasteiger partial charge in [-0.15, -0.1) is 0 Å². The zero-order valence-electron chi connectivity index (χ0n) is 25.7. The molecule has 244 valence electrons. The molecule has 10 nitrogen and oxygen atoms in total. The molecule has 5 aliphatic heterocycles. The number of nitrogens with one attached hydrogen (secondary N) is 9. The fourth-order valence-electron chi connectivity index (χ4n) is 12.2. The van der Waals surface area contributed by atoms with Gasteiger partial charge >= 0.3 is 0 Å². The van der Waals surface area contributed by atoms with Crippen molar-refractivity contribution in [3.8, 4) is 0 Å². The Morgan fingerprint density at radius 1 is 0.349 bits per heavy atom. The van der Waals surface area contributed by atoms with Crippen molar-refractivity contribution >= 4 is 0 Å². The van der Waals surface area contributed by atoms with Gasteiger partial charge in [-0.2, -0.15) is 5.11 Å². The summed E-state index contributed by atoms with van der Waals surface area (Å²) in [5.41, 5.74) is 8.14. The van der Waals surface area contributed by atoms with Crippen LogP contribution in [0.4, 0.5) is 0 Å². The predicted molar refractivity (Wildman–Crippen MR) is 162 cm³/mol. The first-order valence-corrected chi connectivity index (χ1v) is 18.2. The molecular formula is C32H56N10Ni. The monoisotopic (exact) mass is 638 g/mol. The van der Waals surface area contributed by atoms with Crippen molar-refractivity contribution in [3.05, 3.63) is 0 Å². The molecule has 9 rings (SSSR count). The van der Waals surface area contributed by atoms with E-state index in [1.165, 1.54) is 89.9 Å². The molecule has 5 saturated heterocycles. The van der Waals surface area contributed by atoms with E-state index in [9.17, 15) is 0 Å². The van der Waals surface area contributed by atoms with Crippen LogP contribution >= 0.6 is 0 Å². The van der Waals surface area contributed by atoms with Gasteiger partial charge in [-0.05, 0) is 92.8 Å². The van der Waals surface area contributed by atoms with Crippen LogP contribution in [0.1, 0.15) is 96.3 Å². The van der Waals surface area contributed by atoms with E-state index in [1.54, 1.807) is 0 Å². The second-order valence-corrected chi connectivity index (χ2v) is 15.9. The van der Waals surface area contributed by atoms with Gasteiger partial charge in [0.1, 0.15) is 0 Å². The Bertz CT molecular complexity index is 1000. The number of hydrogen-bond donors (Lipinski definition) is 9. The maximum absolute atomic E-state index is 8.14. The molecule has 4 aliphatic carbocycles. The standard InChI is InChI=1S/C32H56N10.Ni/c33-42-23-15-7-14-22-24(23)32-40-30-21-13-6-5-12-20(21)28(38-30)36-26-17-9-2-1-8-16(17)25(34-26)35-27-18-10-3-4-11-19(18)29(37-27)39-31(22)41-32;/h16-41H,1-15H2;. The SMILES string of the molecule is N=NC1CCCC2C3NC4NC(NC5NC(NC6NC(NC(N3)C12)C1CCCCC61)C1CCCCC51)C1CCCCC41.[Ni]. The summed E-state index contributed by atoms with van der Waals surface area (Å²) in [7, 11) is 0. The minimum Gasteiger partial charge on any atom is -0.286 e. The molecule has 9 aliphatic rings. The minimum absolute atomic E-state index is 0. The van der Waals surface area contributed by atoms with Gasteiger partial charge in [0.15, 0.2) is 0 Å². The number of rotatable bonds is 1. The van der Waals surface area contributed by atoms with Crippen molar-refractivity contribution in [2.24, 2.45) is 52.5 Å². The minimum atomic E-state index is 0. The molecule has 0 amide bonds. The molecule has 0 spiro atoms. The van der Waals surface area contributed by atoms with Crippen LogP contribution in [0.25, 0.3) is 0 Å². The molecule has 11 heteroatoms. The third-order valence-electron chi connectivity index (χ3n) is 14.0. The van der Waals surface area contributed by atoms with Gasteiger partial charge in [-0.25, -0.2) is 5.53 Å². The fraction of sp³-hybridized carbons (Fsp3) is 1.00. The van der Waals surface area contributed by atoms with Gasteiger partial charge < -0.3 is 0 Å². The second-order valence-electron chi connectivity index (χ2n) is 15.9. The summed E-state index contributed by atoms with van der Waals surface area (Å²) in [6.45, 7) is 0. The van der Waals surface area contributed by atoms with Crippen LogP contribution in [-0.2, 0) is 16.5 Å². The summed E-state index contributed by atoms with van der Waals surface area (Å²) in [6.07, 6.45) is 22.2. The Morgan fingerprint density at radius 2 is 0.628 bits per heavy atom. The van der Waals surface area contributed by atoms with Crippen molar-refractivity contribution in [2.45, 2.75) is 152 Å². The van der Waals surface area contributed by atoms with Gasteiger partial charge in [0.25, 0.3) is 0 Å².